The Morgan fingerprint density at radius 3 is 2.84 bits per heavy atom. The van der Waals surface area contributed by atoms with E-state index < -0.39 is 5.60 Å². The summed E-state index contributed by atoms with van der Waals surface area (Å²) in [6, 6.07) is 7.10. The number of carbonyl (C=O) groups excluding carboxylic acids is 2. The molecular weight excluding hydrogens is 416 g/mol. The van der Waals surface area contributed by atoms with Gasteiger partial charge in [-0.05, 0) is 51.5 Å². The number of fused-ring (bicyclic) bond motifs is 1. The first kappa shape index (κ1) is 21.0. The molecule has 0 radical (unpaired) electrons. The highest BCUT2D eigenvalue weighted by Gasteiger charge is 2.30. The molecule has 3 aromatic heterocycles. The number of nitrogens with zero attached hydrogens (tertiary/aromatic N) is 4. The van der Waals surface area contributed by atoms with Crippen LogP contribution in [-0.2, 0) is 4.74 Å². The summed E-state index contributed by atoms with van der Waals surface area (Å²) in [7, 11) is 0. The van der Waals surface area contributed by atoms with Gasteiger partial charge in [-0.25, -0.2) is 19.7 Å². The van der Waals surface area contributed by atoms with E-state index in [9.17, 15) is 9.59 Å². The Hall–Kier alpha value is -3.27. The predicted molar refractivity (Wildman–Crippen MR) is 120 cm³/mol. The Kier molecular flexibility index (Phi) is 5.73. The molecule has 0 bridgehead atoms. The van der Waals surface area contributed by atoms with E-state index in [1.807, 2.05) is 32.9 Å². The van der Waals surface area contributed by atoms with Crippen LogP contribution in [0, 0.1) is 0 Å². The molecule has 0 saturated carbocycles. The summed E-state index contributed by atoms with van der Waals surface area (Å²) in [5, 5.41) is 7.13. The van der Waals surface area contributed by atoms with Crippen molar-refractivity contribution in [3.63, 3.8) is 0 Å². The zero-order chi connectivity index (χ0) is 22.0. The minimum absolute atomic E-state index is 0.0152. The molecule has 4 heterocycles. The van der Waals surface area contributed by atoms with Gasteiger partial charge in [-0.3, -0.25) is 4.79 Å². The van der Waals surface area contributed by atoms with Gasteiger partial charge in [-0.1, -0.05) is 11.3 Å². The summed E-state index contributed by atoms with van der Waals surface area (Å²) < 4.78 is 5.44. The van der Waals surface area contributed by atoms with E-state index in [0.29, 0.717) is 35.4 Å². The van der Waals surface area contributed by atoms with Crippen molar-refractivity contribution in [3.8, 4) is 0 Å². The second-order valence-electron chi connectivity index (χ2n) is 8.32. The number of hydrogen-bond donors (Lipinski definition) is 2. The molecule has 2 N–H and O–H groups in total. The average molecular weight is 441 g/mol. The van der Waals surface area contributed by atoms with E-state index in [-0.39, 0.29) is 12.1 Å². The maximum atomic E-state index is 12.3. The van der Waals surface area contributed by atoms with Crippen LogP contribution in [0.2, 0.25) is 0 Å². The Morgan fingerprint density at radius 2 is 2.10 bits per heavy atom. The van der Waals surface area contributed by atoms with Gasteiger partial charge in [0.15, 0.2) is 5.13 Å². The average Bonchev–Trinajstić information content (AvgIpc) is 3.32. The van der Waals surface area contributed by atoms with Gasteiger partial charge in [0.1, 0.15) is 33.9 Å². The number of hydrogen-bond acceptors (Lipinski definition) is 9. The van der Waals surface area contributed by atoms with E-state index in [1.165, 1.54) is 11.3 Å². The maximum absolute atomic E-state index is 12.3. The quantitative estimate of drug-likeness (QED) is 0.572. The molecule has 1 fully saturated rings. The lowest BCUT2D eigenvalue weighted by Crippen LogP contribution is -2.36. The zero-order valence-electron chi connectivity index (χ0n) is 17.6. The molecule has 162 valence electrons. The fraction of sp³-hybridized carbons (Fsp3) is 0.381. The van der Waals surface area contributed by atoms with Gasteiger partial charge in [0.2, 0.25) is 0 Å². The van der Waals surface area contributed by atoms with E-state index >= 15 is 0 Å². The van der Waals surface area contributed by atoms with Gasteiger partial charge in [0.05, 0.1) is 0 Å². The number of thiazole rings is 1. The molecule has 0 unspecified atom stereocenters. The fourth-order valence-corrected chi connectivity index (χ4v) is 4.08. The van der Waals surface area contributed by atoms with Crippen LogP contribution < -0.4 is 10.6 Å². The second kappa shape index (κ2) is 8.46. The number of nitrogens with one attached hydrogen (secondary N) is 2. The third-order valence-corrected chi connectivity index (χ3v) is 5.47. The van der Waals surface area contributed by atoms with Gasteiger partial charge >= 0.3 is 6.09 Å². The topological polar surface area (TPSA) is 109 Å². The van der Waals surface area contributed by atoms with Crippen LogP contribution in [-0.4, -0.2) is 57.0 Å². The Balaban J connectivity index is 1.45. The van der Waals surface area contributed by atoms with Gasteiger partial charge in [0, 0.05) is 30.9 Å². The normalized spacial score (nSPS) is 16.4. The fourth-order valence-electron chi connectivity index (χ4n) is 3.27. The van der Waals surface area contributed by atoms with Crippen LogP contribution in [0.3, 0.4) is 0 Å². The molecule has 1 saturated heterocycles. The molecule has 0 spiro atoms. The van der Waals surface area contributed by atoms with Crippen LogP contribution in [0.15, 0.2) is 30.5 Å². The summed E-state index contributed by atoms with van der Waals surface area (Å²) in [5.41, 5.74) is 0.758. The largest absolute Gasteiger partial charge is 0.444 e. The summed E-state index contributed by atoms with van der Waals surface area (Å²) in [4.78, 5) is 39.6. The van der Waals surface area contributed by atoms with Crippen molar-refractivity contribution in [2.24, 2.45) is 0 Å². The van der Waals surface area contributed by atoms with Crippen LogP contribution >= 0.6 is 11.3 Å². The van der Waals surface area contributed by atoms with E-state index in [1.54, 1.807) is 23.2 Å². The predicted octanol–water partition coefficient (Wildman–Crippen LogP) is 4.06. The van der Waals surface area contributed by atoms with Crippen LogP contribution in [0.5, 0.6) is 0 Å². The molecule has 10 heteroatoms. The number of aromatic nitrogens is 3. The van der Waals surface area contributed by atoms with Crippen LogP contribution in [0.1, 0.15) is 37.6 Å². The maximum Gasteiger partial charge on any atom is 0.410 e. The number of amides is 1. The molecular formula is C21H24N6O3S. The minimum atomic E-state index is -0.529. The van der Waals surface area contributed by atoms with Crippen molar-refractivity contribution in [1.82, 2.24) is 19.9 Å². The molecule has 31 heavy (non-hydrogen) atoms. The highest BCUT2D eigenvalue weighted by Crippen LogP contribution is 2.27. The Labute approximate surface area is 183 Å². The first-order valence-electron chi connectivity index (χ1n) is 9.99. The van der Waals surface area contributed by atoms with Gasteiger partial charge in [-0.2, -0.15) is 0 Å². The number of likely N-dealkylation sites (tertiary alicyclic amines) is 1. The van der Waals surface area contributed by atoms with Crippen LogP contribution in [0.25, 0.3) is 10.3 Å². The lowest BCUT2D eigenvalue weighted by atomic mass is 10.2. The van der Waals surface area contributed by atoms with Crippen molar-refractivity contribution in [2.45, 2.75) is 38.8 Å². The summed E-state index contributed by atoms with van der Waals surface area (Å²) in [6.45, 7) is 6.66. The molecule has 0 aliphatic carbocycles. The molecule has 1 amide bonds. The van der Waals surface area contributed by atoms with Crippen molar-refractivity contribution in [3.05, 3.63) is 36.0 Å². The molecule has 3 aromatic rings. The molecule has 9 nitrogen and oxygen atoms in total. The Morgan fingerprint density at radius 1 is 1.29 bits per heavy atom. The Bertz CT molecular complexity index is 1080. The molecule has 1 aliphatic rings. The third-order valence-electron chi connectivity index (χ3n) is 4.58. The lowest BCUT2D eigenvalue weighted by Gasteiger charge is -2.24. The number of carbonyl (C=O) groups is 2. The molecule has 1 atom stereocenters. The smallest absolute Gasteiger partial charge is 0.410 e. The van der Waals surface area contributed by atoms with E-state index in [0.717, 1.165) is 23.1 Å². The second-order valence-corrected chi connectivity index (χ2v) is 9.29. The zero-order valence-corrected chi connectivity index (χ0v) is 18.4. The van der Waals surface area contributed by atoms with Crippen molar-refractivity contribution in [1.29, 1.82) is 0 Å². The van der Waals surface area contributed by atoms with Gasteiger partial charge < -0.3 is 20.3 Å². The number of rotatable bonds is 5. The first-order chi connectivity index (χ1) is 14.8. The molecule has 1 aliphatic heterocycles. The van der Waals surface area contributed by atoms with Crippen molar-refractivity contribution < 1.29 is 14.3 Å². The van der Waals surface area contributed by atoms with Gasteiger partial charge in [-0.15, -0.1) is 0 Å². The lowest BCUT2D eigenvalue weighted by molar-refractivity contribution is 0.0293. The SMILES string of the molecule is CC(C)(C)OC(=O)N1CC[C@H](Nc2cc(C=O)cc(Nc3nc4cccnc4s3)n2)C1. The van der Waals surface area contributed by atoms with Gasteiger partial charge in [0.25, 0.3) is 0 Å². The standard InChI is InChI=1S/C21H24N6O3S/c1-21(2,3)30-20(29)27-8-6-14(11-27)23-16-9-13(12-28)10-17(25-16)26-19-24-15-5-4-7-22-18(15)31-19/h4-5,7,9-10,12,14H,6,8,11H2,1-3H3,(H2,23,24,25,26)/t14-/m0/s1. The number of anilines is 3. The highest BCUT2D eigenvalue weighted by atomic mass is 32.1. The summed E-state index contributed by atoms with van der Waals surface area (Å²) >= 11 is 1.41. The summed E-state index contributed by atoms with van der Waals surface area (Å²) in [6.07, 6.45) is 2.94. The van der Waals surface area contributed by atoms with E-state index in [4.69, 9.17) is 4.74 Å². The summed E-state index contributed by atoms with van der Waals surface area (Å²) in [5.74, 6) is 1.07. The number of pyridine rings is 2. The van der Waals surface area contributed by atoms with Crippen molar-refractivity contribution >= 4 is 50.8 Å². The third kappa shape index (κ3) is 5.26. The monoisotopic (exact) mass is 440 g/mol. The highest BCUT2D eigenvalue weighted by molar-refractivity contribution is 7.21. The van der Waals surface area contributed by atoms with Crippen LogP contribution in [0.4, 0.5) is 21.6 Å². The van der Waals surface area contributed by atoms with Crippen molar-refractivity contribution in [2.75, 3.05) is 23.7 Å². The first-order valence-corrected chi connectivity index (χ1v) is 10.8. The minimum Gasteiger partial charge on any atom is -0.444 e. The number of ether oxygens (including phenoxy) is 1. The number of aldehydes is 1. The molecule has 0 aromatic carbocycles. The molecule has 4 rings (SSSR count). The van der Waals surface area contributed by atoms with E-state index in [2.05, 4.69) is 25.6 Å².